The third-order valence-electron chi connectivity index (χ3n) is 5.44. The van der Waals surface area contributed by atoms with E-state index < -0.39 is 6.09 Å². The summed E-state index contributed by atoms with van der Waals surface area (Å²) in [4.78, 5) is 35.8. The lowest BCUT2D eigenvalue weighted by atomic mass is 10.1. The van der Waals surface area contributed by atoms with Crippen molar-refractivity contribution in [3.05, 3.63) is 59.9 Å². The molecule has 9 nitrogen and oxygen atoms in total. The summed E-state index contributed by atoms with van der Waals surface area (Å²) >= 11 is 1.61. The van der Waals surface area contributed by atoms with Gasteiger partial charge in [0.15, 0.2) is 5.65 Å². The van der Waals surface area contributed by atoms with Crippen molar-refractivity contribution in [2.75, 3.05) is 13.1 Å². The van der Waals surface area contributed by atoms with Crippen LogP contribution in [-0.2, 0) is 0 Å². The summed E-state index contributed by atoms with van der Waals surface area (Å²) < 4.78 is 1.68. The van der Waals surface area contributed by atoms with Crippen molar-refractivity contribution in [2.24, 2.45) is 0 Å². The average molecular weight is 465 g/mol. The zero-order chi connectivity index (χ0) is 23.4. The van der Waals surface area contributed by atoms with Gasteiger partial charge in [0.05, 0.1) is 34.1 Å². The molecule has 0 radical (unpaired) electrons. The molecule has 0 aromatic carbocycles. The molecule has 4 aromatic rings. The highest BCUT2D eigenvalue weighted by Gasteiger charge is 2.21. The molecule has 0 aliphatic rings. The van der Waals surface area contributed by atoms with Crippen LogP contribution in [0.4, 0.5) is 4.79 Å². The smallest absolute Gasteiger partial charge is 0.407 e. The normalized spacial score (nSPS) is 11.9. The summed E-state index contributed by atoms with van der Waals surface area (Å²) in [6.45, 7) is 4.27. The fourth-order valence-electron chi connectivity index (χ4n) is 3.67. The summed E-state index contributed by atoms with van der Waals surface area (Å²) in [5, 5.41) is 18.6. The second-order valence-electron chi connectivity index (χ2n) is 7.39. The number of rotatable bonds is 8. The third-order valence-corrected chi connectivity index (χ3v) is 6.33. The Labute approximate surface area is 194 Å². The van der Waals surface area contributed by atoms with E-state index in [0.717, 1.165) is 16.1 Å². The summed E-state index contributed by atoms with van der Waals surface area (Å²) in [7, 11) is 0. The molecule has 2 amide bonds. The molecule has 170 valence electrons. The predicted molar refractivity (Wildman–Crippen MR) is 126 cm³/mol. The molecule has 4 aromatic heterocycles. The first-order valence-electron chi connectivity index (χ1n) is 10.6. The van der Waals surface area contributed by atoms with E-state index in [-0.39, 0.29) is 18.5 Å². The number of carbonyl (C=O) groups excluding carboxylic acids is 1. The second kappa shape index (κ2) is 9.78. The Morgan fingerprint density at radius 3 is 2.79 bits per heavy atom. The number of carbonyl (C=O) groups is 2. The number of thiophene rings is 1. The van der Waals surface area contributed by atoms with Gasteiger partial charge in [0.1, 0.15) is 0 Å². The molecule has 0 saturated carbocycles. The number of hydrogen-bond acceptors (Lipinski definition) is 6. The highest BCUT2D eigenvalue weighted by Crippen LogP contribution is 2.27. The van der Waals surface area contributed by atoms with Crippen molar-refractivity contribution in [2.45, 2.75) is 26.3 Å². The molecule has 0 saturated heterocycles. The maximum absolute atomic E-state index is 12.8. The highest BCUT2D eigenvalue weighted by atomic mass is 32.1. The number of amides is 2. The van der Waals surface area contributed by atoms with Gasteiger partial charge in [-0.05, 0) is 43.0 Å². The van der Waals surface area contributed by atoms with Crippen LogP contribution in [0.1, 0.15) is 30.6 Å². The van der Waals surface area contributed by atoms with E-state index in [4.69, 9.17) is 4.98 Å². The van der Waals surface area contributed by atoms with Crippen molar-refractivity contribution < 1.29 is 14.7 Å². The standard InChI is InChI=1S/C23H24N6O3S/c1-3-16(28(4-2)23(31)32)13-25-22(30)15-7-9-24-19(12-15)17-14-26-29-10-8-18(27-21(17)29)20-6-5-11-33-20/h5-12,14,16H,3-4,13H2,1-2H3,(H,25,30)(H,31,32)/t16-/m0/s1. The third kappa shape index (κ3) is 4.70. The van der Waals surface area contributed by atoms with Gasteiger partial charge in [0.25, 0.3) is 5.91 Å². The van der Waals surface area contributed by atoms with Gasteiger partial charge in [0, 0.05) is 31.0 Å². The van der Waals surface area contributed by atoms with E-state index in [1.54, 1.807) is 47.3 Å². The molecule has 0 unspecified atom stereocenters. The maximum Gasteiger partial charge on any atom is 0.407 e. The molecule has 0 aliphatic carbocycles. The first-order chi connectivity index (χ1) is 16.0. The summed E-state index contributed by atoms with van der Waals surface area (Å²) in [5.74, 6) is -0.290. The van der Waals surface area contributed by atoms with E-state index in [2.05, 4.69) is 15.4 Å². The fourth-order valence-corrected chi connectivity index (χ4v) is 4.36. The van der Waals surface area contributed by atoms with E-state index in [0.29, 0.717) is 29.9 Å². The van der Waals surface area contributed by atoms with Gasteiger partial charge in [-0.3, -0.25) is 9.78 Å². The zero-order valence-electron chi connectivity index (χ0n) is 18.3. The van der Waals surface area contributed by atoms with Gasteiger partial charge in [-0.25, -0.2) is 14.3 Å². The maximum atomic E-state index is 12.8. The Bertz CT molecular complexity index is 1270. The van der Waals surface area contributed by atoms with Crippen molar-refractivity contribution in [3.8, 4) is 21.8 Å². The lowest BCUT2D eigenvalue weighted by Gasteiger charge is -2.27. The van der Waals surface area contributed by atoms with Crippen LogP contribution in [0.15, 0.2) is 54.3 Å². The molecular weight excluding hydrogens is 440 g/mol. The Hall–Kier alpha value is -3.79. The van der Waals surface area contributed by atoms with Crippen LogP contribution in [0.3, 0.4) is 0 Å². The topological polar surface area (TPSA) is 113 Å². The first kappa shape index (κ1) is 22.4. The summed E-state index contributed by atoms with van der Waals surface area (Å²) in [6, 6.07) is 8.93. The molecule has 0 aliphatic heterocycles. The molecule has 33 heavy (non-hydrogen) atoms. The Morgan fingerprint density at radius 1 is 1.24 bits per heavy atom. The van der Waals surface area contributed by atoms with Crippen LogP contribution in [0.5, 0.6) is 0 Å². The van der Waals surface area contributed by atoms with Crippen LogP contribution in [-0.4, -0.2) is 60.7 Å². The van der Waals surface area contributed by atoms with Crippen LogP contribution in [0, 0.1) is 0 Å². The minimum atomic E-state index is -0.993. The van der Waals surface area contributed by atoms with E-state index >= 15 is 0 Å². The second-order valence-corrected chi connectivity index (χ2v) is 8.33. The number of nitrogens with zero attached hydrogens (tertiary/aromatic N) is 5. The minimum Gasteiger partial charge on any atom is -0.465 e. The molecular formula is C23H24N6O3S. The molecule has 0 fully saturated rings. The molecule has 0 spiro atoms. The van der Waals surface area contributed by atoms with Gasteiger partial charge < -0.3 is 15.3 Å². The minimum absolute atomic E-state index is 0.232. The number of hydrogen-bond donors (Lipinski definition) is 2. The first-order valence-corrected chi connectivity index (χ1v) is 11.5. The predicted octanol–water partition coefficient (Wildman–Crippen LogP) is 4.03. The number of pyridine rings is 1. The number of carboxylic acid groups (broad SMARTS) is 1. The lowest BCUT2D eigenvalue weighted by molar-refractivity contribution is 0.0919. The quantitative estimate of drug-likeness (QED) is 0.407. The molecule has 4 rings (SSSR count). The average Bonchev–Trinajstić information content (AvgIpc) is 3.51. The van der Waals surface area contributed by atoms with Crippen LogP contribution < -0.4 is 5.32 Å². The number of fused-ring (bicyclic) bond motifs is 1. The largest absolute Gasteiger partial charge is 0.465 e. The Morgan fingerprint density at radius 2 is 2.09 bits per heavy atom. The SMILES string of the molecule is CC[C@@H](CNC(=O)c1ccnc(-c2cnn3ccc(-c4cccs4)nc23)c1)N(CC)C(=O)O. The molecule has 4 heterocycles. The summed E-state index contributed by atoms with van der Waals surface area (Å²) in [5.41, 5.74) is 3.23. The van der Waals surface area contributed by atoms with Gasteiger partial charge in [-0.15, -0.1) is 11.3 Å². The Balaban J connectivity index is 1.57. The fraction of sp³-hybridized carbons (Fsp3) is 0.261. The van der Waals surface area contributed by atoms with Gasteiger partial charge >= 0.3 is 6.09 Å². The van der Waals surface area contributed by atoms with Gasteiger partial charge in [-0.1, -0.05) is 13.0 Å². The van der Waals surface area contributed by atoms with Crippen molar-refractivity contribution in [1.82, 2.24) is 29.8 Å². The van der Waals surface area contributed by atoms with Crippen molar-refractivity contribution in [1.29, 1.82) is 0 Å². The molecule has 10 heteroatoms. The molecule has 0 bridgehead atoms. The van der Waals surface area contributed by atoms with Gasteiger partial charge in [-0.2, -0.15) is 5.10 Å². The number of nitrogens with one attached hydrogen (secondary N) is 1. The van der Waals surface area contributed by atoms with E-state index in [1.165, 1.54) is 4.90 Å². The summed E-state index contributed by atoms with van der Waals surface area (Å²) in [6.07, 6.45) is 4.72. The Kier molecular flexibility index (Phi) is 6.64. The lowest BCUT2D eigenvalue weighted by Crippen LogP contribution is -2.46. The highest BCUT2D eigenvalue weighted by molar-refractivity contribution is 7.13. The van der Waals surface area contributed by atoms with E-state index in [9.17, 15) is 14.7 Å². The molecule has 1 atom stereocenters. The van der Waals surface area contributed by atoms with Crippen LogP contribution in [0.25, 0.3) is 27.5 Å². The monoisotopic (exact) mass is 464 g/mol. The van der Waals surface area contributed by atoms with Crippen molar-refractivity contribution in [3.63, 3.8) is 0 Å². The van der Waals surface area contributed by atoms with Crippen LogP contribution in [0.2, 0.25) is 0 Å². The van der Waals surface area contributed by atoms with E-state index in [1.807, 2.05) is 36.7 Å². The number of aromatic nitrogens is 4. The van der Waals surface area contributed by atoms with Gasteiger partial charge in [0.2, 0.25) is 0 Å². The number of likely N-dealkylation sites (N-methyl/N-ethyl adjacent to an activating group) is 1. The zero-order valence-corrected chi connectivity index (χ0v) is 19.1. The van der Waals surface area contributed by atoms with Crippen molar-refractivity contribution >= 4 is 29.0 Å². The molecule has 2 N–H and O–H groups in total. The van der Waals surface area contributed by atoms with Crippen LogP contribution >= 0.6 is 11.3 Å².